The molecular weight excluding hydrogens is 366 g/mol. The van der Waals surface area contributed by atoms with Gasteiger partial charge in [-0.3, -0.25) is 4.79 Å². The Balaban J connectivity index is 1.97. The maximum atomic E-state index is 13.2. The Labute approximate surface area is 160 Å². The highest BCUT2D eigenvalue weighted by Crippen LogP contribution is 2.26. The standard InChI is InChI=1S/C19H25N3O4S/c1-14-18(27(24,25)21-12-6-4-5-7-13-21)15(2)22(20-14)19(23)16-8-10-17(26-3)11-9-16/h8-11H,4-7,12-13H2,1-3H3. The molecule has 1 aromatic heterocycles. The molecule has 7 nitrogen and oxygen atoms in total. The number of hydrogen-bond donors (Lipinski definition) is 0. The van der Waals surface area contributed by atoms with Gasteiger partial charge in [-0.2, -0.15) is 14.1 Å². The molecule has 1 fully saturated rings. The number of aryl methyl sites for hydroxylation is 1. The van der Waals surface area contributed by atoms with Gasteiger partial charge < -0.3 is 4.74 Å². The summed E-state index contributed by atoms with van der Waals surface area (Å²) in [5.74, 6) is 0.278. The van der Waals surface area contributed by atoms with Crippen molar-refractivity contribution in [3.05, 3.63) is 41.2 Å². The van der Waals surface area contributed by atoms with Crippen molar-refractivity contribution in [3.8, 4) is 5.75 Å². The minimum absolute atomic E-state index is 0.145. The van der Waals surface area contributed by atoms with Gasteiger partial charge in [0.2, 0.25) is 10.0 Å². The largest absolute Gasteiger partial charge is 0.497 e. The summed E-state index contributed by atoms with van der Waals surface area (Å²) in [4.78, 5) is 13.0. The Morgan fingerprint density at radius 1 is 1.04 bits per heavy atom. The summed E-state index contributed by atoms with van der Waals surface area (Å²) in [5, 5.41) is 4.24. The SMILES string of the molecule is COc1ccc(C(=O)n2nc(C)c(S(=O)(=O)N3CCCCCC3)c2C)cc1. The smallest absolute Gasteiger partial charge is 0.278 e. The van der Waals surface area contributed by atoms with E-state index in [2.05, 4.69) is 5.10 Å². The molecule has 146 valence electrons. The Morgan fingerprint density at radius 2 is 1.63 bits per heavy atom. The number of ether oxygens (including phenoxy) is 1. The highest BCUT2D eigenvalue weighted by molar-refractivity contribution is 7.89. The molecule has 1 saturated heterocycles. The fraction of sp³-hybridized carbons (Fsp3) is 0.474. The second-order valence-corrected chi connectivity index (χ2v) is 8.64. The van der Waals surface area contributed by atoms with Crippen molar-refractivity contribution >= 4 is 15.9 Å². The van der Waals surface area contributed by atoms with Gasteiger partial charge in [-0.1, -0.05) is 12.8 Å². The van der Waals surface area contributed by atoms with E-state index in [0.717, 1.165) is 25.7 Å². The zero-order valence-electron chi connectivity index (χ0n) is 15.9. The quantitative estimate of drug-likeness (QED) is 0.800. The van der Waals surface area contributed by atoms with Gasteiger partial charge in [0, 0.05) is 18.7 Å². The van der Waals surface area contributed by atoms with E-state index in [1.165, 1.54) is 8.99 Å². The van der Waals surface area contributed by atoms with Crippen molar-refractivity contribution in [2.45, 2.75) is 44.4 Å². The molecule has 0 atom stereocenters. The first-order valence-electron chi connectivity index (χ1n) is 9.11. The highest BCUT2D eigenvalue weighted by atomic mass is 32.2. The fourth-order valence-electron chi connectivity index (χ4n) is 3.47. The highest BCUT2D eigenvalue weighted by Gasteiger charge is 2.32. The molecule has 0 radical (unpaired) electrons. The molecule has 3 rings (SSSR count). The van der Waals surface area contributed by atoms with Gasteiger partial charge in [0.15, 0.2) is 0 Å². The number of carbonyl (C=O) groups is 1. The molecule has 1 aliphatic rings. The van der Waals surface area contributed by atoms with Crippen LogP contribution in [0.25, 0.3) is 0 Å². The van der Waals surface area contributed by atoms with Crippen LogP contribution in [0.15, 0.2) is 29.2 Å². The van der Waals surface area contributed by atoms with Gasteiger partial charge in [0.1, 0.15) is 10.6 Å². The van der Waals surface area contributed by atoms with Crippen molar-refractivity contribution in [3.63, 3.8) is 0 Å². The minimum atomic E-state index is -3.67. The number of benzene rings is 1. The maximum Gasteiger partial charge on any atom is 0.278 e. The molecule has 0 unspecified atom stereocenters. The summed E-state index contributed by atoms with van der Waals surface area (Å²) < 4.78 is 34.2. The van der Waals surface area contributed by atoms with Crippen LogP contribution in [0.4, 0.5) is 0 Å². The lowest BCUT2D eigenvalue weighted by molar-refractivity contribution is 0.0942. The van der Waals surface area contributed by atoms with E-state index < -0.39 is 10.0 Å². The van der Waals surface area contributed by atoms with E-state index in [1.807, 2.05) is 0 Å². The normalized spacial score (nSPS) is 16.1. The van der Waals surface area contributed by atoms with E-state index >= 15 is 0 Å². The molecular formula is C19H25N3O4S. The van der Waals surface area contributed by atoms with E-state index in [-0.39, 0.29) is 10.8 Å². The molecule has 0 N–H and O–H groups in total. The van der Waals surface area contributed by atoms with Crippen molar-refractivity contribution < 1.29 is 17.9 Å². The van der Waals surface area contributed by atoms with Crippen LogP contribution in [0, 0.1) is 13.8 Å². The number of aromatic nitrogens is 2. The minimum Gasteiger partial charge on any atom is -0.497 e. The van der Waals surface area contributed by atoms with E-state index in [0.29, 0.717) is 35.8 Å². The van der Waals surface area contributed by atoms with Crippen LogP contribution in [-0.2, 0) is 10.0 Å². The number of nitrogens with zero attached hydrogens (tertiary/aromatic N) is 3. The lowest BCUT2D eigenvalue weighted by Gasteiger charge is -2.20. The molecule has 8 heteroatoms. The first-order valence-corrected chi connectivity index (χ1v) is 10.6. The van der Waals surface area contributed by atoms with E-state index in [4.69, 9.17) is 4.74 Å². The Kier molecular flexibility index (Phi) is 5.67. The number of hydrogen-bond acceptors (Lipinski definition) is 5. The second kappa shape index (κ2) is 7.82. The average molecular weight is 391 g/mol. The van der Waals surface area contributed by atoms with Gasteiger partial charge in [0.25, 0.3) is 5.91 Å². The molecule has 0 spiro atoms. The predicted octanol–water partition coefficient (Wildman–Crippen LogP) is 2.76. The van der Waals surface area contributed by atoms with Crippen molar-refractivity contribution in [2.24, 2.45) is 0 Å². The average Bonchev–Trinajstić information content (AvgIpc) is 2.84. The molecule has 2 heterocycles. The van der Waals surface area contributed by atoms with Crippen LogP contribution in [0.3, 0.4) is 0 Å². The fourth-order valence-corrected chi connectivity index (χ4v) is 5.34. The summed E-state index contributed by atoms with van der Waals surface area (Å²) >= 11 is 0. The third-order valence-electron chi connectivity index (χ3n) is 4.92. The number of rotatable bonds is 4. The Bertz CT molecular complexity index is 925. The van der Waals surface area contributed by atoms with Gasteiger partial charge in [-0.05, 0) is 51.0 Å². The zero-order chi connectivity index (χ0) is 19.6. The van der Waals surface area contributed by atoms with Crippen LogP contribution >= 0.6 is 0 Å². The van der Waals surface area contributed by atoms with E-state index in [9.17, 15) is 13.2 Å². The number of carbonyl (C=O) groups excluding carboxylic acids is 1. The molecule has 1 aromatic carbocycles. The van der Waals surface area contributed by atoms with Gasteiger partial charge in [0.05, 0.1) is 18.5 Å². The summed E-state index contributed by atoms with van der Waals surface area (Å²) in [6.07, 6.45) is 3.80. The first-order chi connectivity index (χ1) is 12.9. The lowest BCUT2D eigenvalue weighted by atomic mass is 10.2. The molecule has 0 aliphatic carbocycles. The third kappa shape index (κ3) is 3.77. The second-order valence-electron chi connectivity index (χ2n) is 6.76. The summed E-state index contributed by atoms with van der Waals surface area (Å²) in [6, 6.07) is 6.66. The van der Waals surface area contributed by atoms with Crippen molar-refractivity contribution in [2.75, 3.05) is 20.2 Å². The first kappa shape index (κ1) is 19.6. The molecule has 0 amide bonds. The summed E-state index contributed by atoms with van der Waals surface area (Å²) in [6.45, 7) is 4.29. The van der Waals surface area contributed by atoms with Crippen LogP contribution in [0.5, 0.6) is 5.75 Å². The Hall–Kier alpha value is -2.19. The monoisotopic (exact) mass is 391 g/mol. The molecule has 0 saturated carbocycles. The van der Waals surface area contributed by atoms with E-state index in [1.54, 1.807) is 45.2 Å². The zero-order valence-corrected chi connectivity index (χ0v) is 16.8. The molecule has 2 aromatic rings. The topological polar surface area (TPSA) is 81.5 Å². The summed E-state index contributed by atoms with van der Waals surface area (Å²) in [7, 11) is -2.12. The van der Waals surface area contributed by atoms with Gasteiger partial charge in [-0.15, -0.1) is 0 Å². The number of methoxy groups -OCH3 is 1. The maximum absolute atomic E-state index is 13.2. The molecule has 1 aliphatic heterocycles. The molecule has 0 bridgehead atoms. The molecule has 27 heavy (non-hydrogen) atoms. The summed E-state index contributed by atoms with van der Waals surface area (Å²) in [5.41, 5.74) is 1.11. The van der Waals surface area contributed by atoms with Crippen LogP contribution in [0.1, 0.15) is 47.4 Å². The third-order valence-corrected chi connectivity index (χ3v) is 7.07. The van der Waals surface area contributed by atoms with Gasteiger partial charge >= 0.3 is 0 Å². The van der Waals surface area contributed by atoms with Crippen molar-refractivity contribution in [1.82, 2.24) is 14.1 Å². The van der Waals surface area contributed by atoms with Gasteiger partial charge in [-0.25, -0.2) is 8.42 Å². The Morgan fingerprint density at radius 3 is 2.19 bits per heavy atom. The van der Waals surface area contributed by atoms with Crippen LogP contribution < -0.4 is 4.74 Å². The van der Waals surface area contributed by atoms with Crippen LogP contribution in [0.2, 0.25) is 0 Å². The van der Waals surface area contributed by atoms with Crippen LogP contribution in [-0.4, -0.2) is 48.6 Å². The lowest BCUT2D eigenvalue weighted by Crippen LogP contribution is -2.32. The van der Waals surface area contributed by atoms with Crippen molar-refractivity contribution in [1.29, 1.82) is 0 Å². The predicted molar refractivity (Wildman–Crippen MR) is 102 cm³/mol. The number of sulfonamides is 1.